The Morgan fingerprint density at radius 1 is 1.21 bits per heavy atom. The van der Waals surface area contributed by atoms with E-state index in [4.69, 9.17) is 9.47 Å². The molecule has 0 bridgehead atoms. The maximum atomic E-state index is 12.8. The molecular weight excluding hydrogens is 304 g/mol. The molecule has 3 rings (SSSR count). The van der Waals surface area contributed by atoms with Crippen LogP contribution in [0, 0.1) is 13.8 Å². The van der Waals surface area contributed by atoms with Crippen molar-refractivity contribution >= 4 is 11.8 Å². The molecule has 0 fully saturated rings. The molecule has 0 aromatic heterocycles. The van der Waals surface area contributed by atoms with Crippen molar-refractivity contribution in [2.24, 2.45) is 0 Å². The van der Waals surface area contributed by atoms with Crippen molar-refractivity contribution in [1.29, 1.82) is 0 Å². The summed E-state index contributed by atoms with van der Waals surface area (Å²) in [5.41, 5.74) is 2.85. The third-order valence-electron chi connectivity index (χ3n) is 4.58. The zero-order chi connectivity index (χ0) is 17.5. The predicted octanol–water partition coefficient (Wildman–Crippen LogP) is 3.51. The molecule has 1 unspecified atom stereocenters. The Bertz CT molecular complexity index is 838. The van der Waals surface area contributed by atoms with Crippen LogP contribution < -0.4 is 4.74 Å². The molecule has 2 aromatic carbocycles. The minimum absolute atomic E-state index is 0.0275. The van der Waals surface area contributed by atoms with Crippen LogP contribution in [0.3, 0.4) is 0 Å². The van der Waals surface area contributed by atoms with Crippen LogP contribution in [-0.2, 0) is 21.6 Å². The van der Waals surface area contributed by atoms with Crippen molar-refractivity contribution < 1.29 is 19.1 Å². The van der Waals surface area contributed by atoms with Crippen molar-refractivity contribution in [2.75, 3.05) is 7.11 Å². The van der Waals surface area contributed by atoms with Gasteiger partial charge in [-0.25, -0.2) is 4.79 Å². The number of carbonyl (C=O) groups is 2. The summed E-state index contributed by atoms with van der Waals surface area (Å²) in [7, 11) is 1.34. The molecule has 0 spiro atoms. The largest absolute Gasteiger partial charge is 0.475 e. The monoisotopic (exact) mass is 324 g/mol. The van der Waals surface area contributed by atoms with Gasteiger partial charge in [-0.05, 0) is 38.5 Å². The van der Waals surface area contributed by atoms with Gasteiger partial charge in [0.1, 0.15) is 5.75 Å². The second kappa shape index (κ2) is 5.78. The minimum atomic E-state index is -1.02. The minimum Gasteiger partial charge on any atom is -0.475 e. The van der Waals surface area contributed by atoms with Crippen molar-refractivity contribution in [3.8, 4) is 5.75 Å². The van der Waals surface area contributed by atoms with Gasteiger partial charge in [0.2, 0.25) is 0 Å². The lowest BCUT2D eigenvalue weighted by molar-refractivity contribution is -0.135. The van der Waals surface area contributed by atoms with Crippen molar-refractivity contribution in [3.05, 3.63) is 64.2 Å². The molecule has 0 aliphatic carbocycles. The van der Waals surface area contributed by atoms with Gasteiger partial charge >= 0.3 is 5.97 Å². The number of benzene rings is 2. The Kier molecular flexibility index (Phi) is 3.91. The molecule has 124 valence electrons. The number of methoxy groups -OCH3 is 1. The Balaban J connectivity index is 2.06. The van der Waals surface area contributed by atoms with E-state index in [0.717, 1.165) is 22.3 Å². The van der Waals surface area contributed by atoms with Crippen LogP contribution in [0.5, 0.6) is 5.75 Å². The van der Waals surface area contributed by atoms with Gasteiger partial charge in [-0.1, -0.05) is 29.8 Å². The van der Waals surface area contributed by atoms with Gasteiger partial charge in [0.15, 0.2) is 11.4 Å². The number of Topliss-reactive ketones (excluding diaryl/α,β-unsaturated/α-hetero) is 1. The van der Waals surface area contributed by atoms with Crippen LogP contribution in [0.2, 0.25) is 0 Å². The van der Waals surface area contributed by atoms with E-state index in [1.165, 1.54) is 7.11 Å². The number of hydrogen-bond acceptors (Lipinski definition) is 4. The number of hydrogen-bond donors (Lipinski definition) is 0. The van der Waals surface area contributed by atoms with E-state index >= 15 is 0 Å². The Hall–Kier alpha value is -2.62. The molecule has 1 heterocycles. The highest BCUT2D eigenvalue weighted by atomic mass is 16.5. The van der Waals surface area contributed by atoms with Crippen LogP contribution in [0.25, 0.3) is 0 Å². The van der Waals surface area contributed by atoms with Crippen LogP contribution in [0.4, 0.5) is 0 Å². The molecule has 24 heavy (non-hydrogen) atoms. The summed E-state index contributed by atoms with van der Waals surface area (Å²) < 4.78 is 10.9. The first-order valence-electron chi connectivity index (χ1n) is 7.86. The average molecular weight is 324 g/mol. The summed E-state index contributed by atoms with van der Waals surface area (Å²) in [4.78, 5) is 24.6. The highest BCUT2D eigenvalue weighted by Crippen LogP contribution is 2.38. The first-order chi connectivity index (χ1) is 11.3. The molecule has 4 nitrogen and oxygen atoms in total. The Labute approximate surface area is 141 Å². The van der Waals surface area contributed by atoms with Gasteiger partial charge in [0, 0.05) is 17.5 Å². The molecule has 1 aliphatic heterocycles. The summed E-state index contributed by atoms with van der Waals surface area (Å²) in [5.74, 6) is 0.207. The van der Waals surface area contributed by atoms with Gasteiger partial charge in [-0.2, -0.15) is 0 Å². The van der Waals surface area contributed by atoms with Gasteiger partial charge in [-0.15, -0.1) is 0 Å². The maximum Gasteiger partial charge on any atom is 0.338 e. The molecular formula is C20H20O4. The smallest absolute Gasteiger partial charge is 0.338 e. The maximum absolute atomic E-state index is 12.8. The van der Waals surface area contributed by atoms with Crippen LogP contribution in [0.1, 0.15) is 39.5 Å². The highest BCUT2D eigenvalue weighted by molar-refractivity contribution is 5.95. The molecule has 4 heteroatoms. The third kappa shape index (κ3) is 2.58. The zero-order valence-electron chi connectivity index (χ0n) is 14.3. The summed E-state index contributed by atoms with van der Waals surface area (Å²) in [6.45, 7) is 5.62. The predicted molar refractivity (Wildman–Crippen MR) is 90.4 cm³/mol. The Morgan fingerprint density at radius 2 is 1.96 bits per heavy atom. The van der Waals surface area contributed by atoms with Crippen molar-refractivity contribution in [3.63, 3.8) is 0 Å². The van der Waals surface area contributed by atoms with E-state index in [2.05, 4.69) is 0 Å². The van der Waals surface area contributed by atoms with E-state index in [-0.39, 0.29) is 12.2 Å². The molecule has 2 aromatic rings. The fraction of sp³-hybridized carbons (Fsp3) is 0.300. The van der Waals surface area contributed by atoms with Gasteiger partial charge in [0.25, 0.3) is 0 Å². The number of rotatable bonds is 2. The zero-order valence-corrected chi connectivity index (χ0v) is 14.3. The second-order valence-electron chi connectivity index (χ2n) is 6.37. The van der Waals surface area contributed by atoms with Gasteiger partial charge in [-0.3, -0.25) is 4.79 Å². The Morgan fingerprint density at radius 3 is 2.62 bits per heavy atom. The summed E-state index contributed by atoms with van der Waals surface area (Å²) in [5, 5.41) is 0. The molecule has 1 atom stereocenters. The fourth-order valence-electron chi connectivity index (χ4n) is 3.07. The lowest BCUT2D eigenvalue weighted by Crippen LogP contribution is -2.43. The first kappa shape index (κ1) is 16.2. The van der Waals surface area contributed by atoms with Gasteiger partial charge in [0.05, 0.1) is 12.7 Å². The van der Waals surface area contributed by atoms with Crippen LogP contribution in [0.15, 0.2) is 36.4 Å². The lowest BCUT2D eigenvalue weighted by atomic mass is 9.84. The number of esters is 1. The topological polar surface area (TPSA) is 52.6 Å². The fourth-order valence-corrected chi connectivity index (χ4v) is 3.07. The summed E-state index contributed by atoms with van der Waals surface area (Å²) in [6.07, 6.45) is 0.226. The number of carbonyl (C=O) groups excluding carboxylic acids is 2. The van der Waals surface area contributed by atoms with Gasteiger partial charge < -0.3 is 9.47 Å². The number of ketones is 1. The lowest BCUT2D eigenvalue weighted by Gasteiger charge is -2.35. The van der Waals surface area contributed by atoms with E-state index in [1.54, 1.807) is 13.0 Å². The second-order valence-corrected chi connectivity index (χ2v) is 6.37. The normalized spacial score (nSPS) is 19.4. The van der Waals surface area contributed by atoms with E-state index in [1.807, 2.05) is 44.2 Å². The number of ether oxygens (including phenoxy) is 2. The molecule has 0 amide bonds. The average Bonchev–Trinajstić information content (AvgIpc) is 2.55. The number of fused-ring (bicyclic) bond motifs is 1. The van der Waals surface area contributed by atoms with Crippen molar-refractivity contribution in [2.45, 2.75) is 32.8 Å². The highest BCUT2D eigenvalue weighted by Gasteiger charge is 2.41. The van der Waals surface area contributed by atoms with E-state index < -0.39 is 11.6 Å². The summed E-state index contributed by atoms with van der Waals surface area (Å²) in [6, 6.07) is 11.3. The van der Waals surface area contributed by atoms with Crippen LogP contribution in [-0.4, -0.2) is 18.9 Å². The molecule has 0 saturated carbocycles. The van der Waals surface area contributed by atoms with E-state index in [9.17, 15) is 9.59 Å². The first-order valence-corrected chi connectivity index (χ1v) is 7.86. The number of aryl methyl sites for hydroxylation is 2. The van der Waals surface area contributed by atoms with E-state index in [0.29, 0.717) is 11.3 Å². The SMILES string of the molecule is COC(=O)c1cc2c(cc1C)OC(C)(c1cccc(C)c1)C(=O)C2. The quantitative estimate of drug-likeness (QED) is 0.793. The molecule has 0 N–H and O–H groups in total. The van der Waals surface area contributed by atoms with Crippen LogP contribution >= 0.6 is 0 Å². The van der Waals surface area contributed by atoms with Crippen molar-refractivity contribution in [1.82, 2.24) is 0 Å². The third-order valence-corrected chi connectivity index (χ3v) is 4.58. The molecule has 0 radical (unpaired) electrons. The summed E-state index contributed by atoms with van der Waals surface area (Å²) >= 11 is 0. The molecule has 0 saturated heterocycles. The molecule has 1 aliphatic rings. The standard InChI is InChI=1S/C20H20O4/c1-12-6-5-7-15(8-12)20(3)18(21)11-14-10-16(19(22)23-4)13(2)9-17(14)24-20/h5-10H,11H2,1-4H3.